The maximum atomic E-state index is 12.3. The molecular formula is C15H19N5O. The predicted molar refractivity (Wildman–Crippen MR) is 83.1 cm³/mol. The van der Waals surface area contributed by atoms with Crippen LogP contribution in [-0.2, 0) is 6.42 Å². The number of anilines is 2. The zero-order chi connectivity index (χ0) is 15.4. The number of aryl methyl sites for hydroxylation is 3. The second-order valence-electron chi connectivity index (χ2n) is 4.86. The van der Waals surface area contributed by atoms with Gasteiger partial charge in [-0.25, -0.2) is 15.8 Å². The Morgan fingerprint density at radius 2 is 1.90 bits per heavy atom. The van der Waals surface area contributed by atoms with E-state index in [0.29, 0.717) is 17.2 Å². The van der Waals surface area contributed by atoms with Gasteiger partial charge in [0.25, 0.3) is 5.91 Å². The zero-order valence-corrected chi connectivity index (χ0v) is 12.4. The first-order valence-electron chi connectivity index (χ1n) is 6.76. The summed E-state index contributed by atoms with van der Waals surface area (Å²) in [5, 5.41) is 2.80. The minimum absolute atomic E-state index is 0.235. The third kappa shape index (κ3) is 3.76. The van der Waals surface area contributed by atoms with E-state index in [1.54, 1.807) is 12.1 Å². The van der Waals surface area contributed by atoms with Crippen molar-refractivity contribution in [1.82, 2.24) is 9.97 Å². The average Bonchev–Trinajstić information content (AvgIpc) is 2.45. The second kappa shape index (κ2) is 6.32. The fraction of sp³-hybridized carbons (Fsp3) is 0.267. The Bertz CT molecular complexity index is 627. The maximum Gasteiger partial charge on any atom is 0.257 e. The van der Waals surface area contributed by atoms with Crippen LogP contribution in [0.15, 0.2) is 24.3 Å². The number of aromatic nitrogens is 2. The largest absolute Gasteiger partial charge is 0.308 e. The third-order valence-corrected chi connectivity index (χ3v) is 2.99. The van der Waals surface area contributed by atoms with E-state index < -0.39 is 0 Å². The van der Waals surface area contributed by atoms with Crippen molar-refractivity contribution < 1.29 is 4.79 Å². The number of carbonyl (C=O) groups excluding carboxylic acids is 1. The summed E-state index contributed by atoms with van der Waals surface area (Å²) in [5.41, 5.74) is 5.67. The second-order valence-corrected chi connectivity index (χ2v) is 4.86. The minimum Gasteiger partial charge on any atom is -0.308 e. The molecular weight excluding hydrogens is 266 g/mol. The van der Waals surface area contributed by atoms with E-state index in [-0.39, 0.29) is 5.91 Å². The molecule has 2 aromatic heterocycles. The van der Waals surface area contributed by atoms with Crippen molar-refractivity contribution in [3.05, 3.63) is 46.8 Å². The summed E-state index contributed by atoms with van der Waals surface area (Å²) in [7, 11) is 0. The van der Waals surface area contributed by atoms with Gasteiger partial charge in [0, 0.05) is 17.0 Å². The van der Waals surface area contributed by atoms with Crippen LogP contribution in [0.4, 0.5) is 11.6 Å². The monoisotopic (exact) mass is 285 g/mol. The smallest absolute Gasteiger partial charge is 0.257 e. The number of nitrogens with one attached hydrogen (secondary N) is 2. The molecule has 0 atom stereocenters. The van der Waals surface area contributed by atoms with Gasteiger partial charge >= 0.3 is 0 Å². The number of rotatable bonds is 4. The average molecular weight is 285 g/mol. The molecule has 0 aliphatic heterocycles. The van der Waals surface area contributed by atoms with E-state index in [0.717, 1.165) is 23.4 Å². The zero-order valence-electron chi connectivity index (χ0n) is 12.4. The van der Waals surface area contributed by atoms with Crippen LogP contribution in [0.3, 0.4) is 0 Å². The van der Waals surface area contributed by atoms with Crippen LogP contribution >= 0.6 is 0 Å². The number of nitrogens with two attached hydrogens (primary N) is 1. The van der Waals surface area contributed by atoms with Gasteiger partial charge < -0.3 is 10.7 Å². The molecule has 0 saturated heterocycles. The molecule has 21 heavy (non-hydrogen) atoms. The van der Waals surface area contributed by atoms with Crippen molar-refractivity contribution >= 4 is 17.5 Å². The number of nitrogen functional groups attached to an aromatic ring is 1. The summed E-state index contributed by atoms with van der Waals surface area (Å²) in [6, 6.07) is 7.14. The summed E-state index contributed by atoms with van der Waals surface area (Å²) in [5.74, 6) is 6.15. The first-order chi connectivity index (χ1) is 10.0. The topological polar surface area (TPSA) is 92.9 Å². The van der Waals surface area contributed by atoms with Crippen molar-refractivity contribution in [2.45, 2.75) is 27.2 Å². The Hall–Kier alpha value is -2.47. The number of carbonyl (C=O) groups is 1. The molecule has 2 aromatic rings. The molecule has 110 valence electrons. The number of hydrazine groups is 1. The Morgan fingerprint density at radius 3 is 2.52 bits per heavy atom. The molecule has 4 N–H and O–H groups in total. The molecule has 0 bridgehead atoms. The number of amides is 1. The lowest BCUT2D eigenvalue weighted by Crippen LogP contribution is -2.16. The van der Waals surface area contributed by atoms with Gasteiger partial charge in [-0.3, -0.25) is 4.79 Å². The molecule has 2 heterocycles. The standard InChI is InChI=1S/C15H19N5O/c1-4-12-7-11(8-14(18-12)20-16)15(21)19-13-6-9(2)5-10(3)17-13/h5-8H,4,16H2,1-3H3,(H,18,20)(H,17,19,21). The summed E-state index contributed by atoms with van der Waals surface area (Å²) in [6.07, 6.45) is 0.720. The normalized spacial score (nSPS) is 10.3. The summed E-state index contributed by atoms with van der Waals surface area (Å²) in [4.78, 5) is 20.9. The van der Waals surface area contributed by atoms with Gasteiger partial charge in [0.15, 0.2) is 0 Å². The number of pyridine rings is 2. The molecule has 6 heteroatoms. The van der Waals surface area contributed by atoms with Crippen molar-refractivity contribution in [3.63, 3.8) is 0 Å². The number of hydrogen-bond donors (Lipinski definition) is 3. The molecule has 0 radical (unpaired) electrons. The third-order valence-electron chi connectivity index (χ3n) is 2.99. The van der Waals surface area contributed by atoms with Crippen molar-refractivity contribution in [2.24, 2.45) is 5.84 Å². The van der Waals surface area contributed by atoms with Gasteiger partial charge in [-0.05, 0) is 50.1 Å². The minimum atomic E-state index is -0.235. The van der Waals surface area contributed by atoms with E-state index in [1.807, 2.05) is 32.9 Å². The SMILES string of the molecule is CCc1cc(C(=O)Nc2cc(C)cc(C)n2)cc(NN)n1. The molecule has 0 unspecified atom stereocenters. The fourth-order valence-electron chi connectivity index (χ4n) is 2.07. The molecule has 0 aromatic carbocycles. The van der Waals surface area contributed by atoms with Gasteiger partial charge in [-0.2, -0.15) is 0 Å². The van der Waals surface area contributed by atoms with Crippen molar-refractivity contribution in [1.29, 1.82) is 0 Å². The van der Waals surface area contributed by atoms with Crippen LogP contribution in [0, 0.1) is 13.8 Å². The maximum absolute atomic E-state index is 12.3. The first-order valence-corrected chi connectivity index (χ1v) is 6.76. The van der Waals surface area contributed by atoms with Gasteiger partial charge in [0.05, 0.1) is 0 Å². The lowest BCUT2D eigenvalue weighted by atomic mass is 10.1. The predicted octanol–water partition coefficient (Wildman–Crippen LogP) is 2.19. The highest BCUT2D eigenvalue weighted by Gasteiger charge is 2.10. The van der Waals surface area contributed by atoms with Gasteiger partial charge in [-0.15, -0.1) is 0 Å². The van der Waals surface area contributed by atoms with E-state index in [2.05, 4.69) is 20.7 Å². The molecule has 0 saturated carbocycles. The summed E-state index contributed by atoms with van der Waals surface area (Å²) in [6.45, 7) is 5.82. The van der Waals surface area contributed by atoms with Gasteiger partial charge in [-0.1, -0.05) is 6.92 Å². The number of hydrogen-bond acceptors (Lipinski definition) is 5. The van der Waals surface area contributed by atoms with Crippen LogP contribution in [0.2, 0.25) is 0 Å². The van der Waals surface area contributed by atoms with E-state index in [9.17, 15) is 4.79 Å². The summed E-state index contributed by atoms with van der Waals surface area (Å²) >= 11 is 0. The van der Waals surface area contributed by atoms with Crippen LogP contribution in [-0.4, -0.2) is 15.9 Å². The Morgan fingerprint density at radius 1 is 1.14 bits per heavy atom. The highest BCUT2D eigenvalue weighted by molar-refractivity contribution is 6.04. The van der Waals surface area contributed by atoms with Crippen molar-refractivity contribution in [2.75, 3.05) is 10.7 Å². The fourth-order valence-corrected chi connectivity index (χ4v) is 2.07. The van der Waals surface area contributed by atoms with E-state index in [4.69, 9.17) is 5.84 Å². The first kappa shape index (κ1) is 14.9. The quantitative estimate of drug-likeness (QED) is 0.591. The summed E-state index contributed by atoms with van der Waals surface area (Å²) < 4.78 is 0. The molecule has 0 fully saturated rings. The molecule has 1 amide bonds. The van der Waals surface area contributed by atoms with Crippen LogP contribution in [0.1, 0.15) is 34.2 Å². The molecule has 0 aliphatic carbocycles. The Kier molecular flexibility index (Phi) is 4.49. The lowest BCUT2D eigenvalue weighted by molar-refractivity contribution is 0.102. The molecule has 2 rings (SSSR count). The number of nitrogens with zero attached hydrogens (tertiary/aromatic N) is 2. The van der Waals surface area contributed by atoms with Gasteiger partial charge in [0.2, 0.25) is 0 Å². The Labute approximate surface area is 123 Å². The van der Waals surface area contributed by atoms with E-state index in [1.165, 1.54) is 0 Å². The molecule has 0 spiro atoms. The van der Waals surface area contributed by atoms with Crippen LogP contribution < -0.4 is 16.6 Å². The van der Waals surface area contributed by atoms with Crippen molar-refractivity contribution in [3.8, 4) is 0 Å². The highest BCUT2D eigenvalue weighted by Crippen LogP contribution is 2.14. The van der Waals surface area contributed by atoms with Crippen LogP contribution in [0.5, 0.6) is 0 Å². The van der Waals surface area contributed by atoms with Gasteiger partial charge in [0.1, 0.15) is 11.6 Å². The molecule has 6 nitrogen and oxygen atoms in total. The van der Waals surface area contributed by atoms with Crippen LogP contribution in [0.25, 0.3) is 0 Å². The van der Waals surface area contributed by atoms with E-state index >= 15 is 0 Å². The highest BCUT2D eigenvalue weighted by atomic mass is 16.1. The lowest BCUT2D eigenvalue weighted by Gasteiger charge is -2.09. The Balaban J connectivity index is 2.27. The molecule has 0 aliphatic rings.